The van der Waals surface area contributed by atoms with E-state index in [0.29, 0.717) is 26.1 Å². The molecule has 1 N–H and O–H groups in total. The lowest BCUT2D eigenvalue weighted by atomic mass is 10.2. The second-order valence-electron chi connectivity index (χ2n) is 6.47. The standard InChI is InChI=1S/C20H26N2O4/c1-3-16-13-22(12-15-11-18(24-2)6-7-19(15)26-16)14-20(23)21-9-8-17-5-4-10-25-17/h4-7,10-11,16H,3,8-9,12-14H2,1-2H3,(H,21,23)/t16-/m1/s1. The number of fused-ring (bicyclic) bond motifs is 1. The smallest absolute Gasteiger partial charge is 0.234 e. The van der Waals surface area contributed by atoms with Crippen LogP contribution in [0.25, 0.3) is 0 Å². The van der Waals surface area contributed by atoms with E-state index >= 15 is 0 Å². The van der Waals surface area contributed by atoms with Crippen molar-refractivity contribution in [3.8, 4) is 11.5 Å². The molecule has 26 heavy (non-hydrogen) atoms. The van der Waals surface area contributed by atoms with Crippen LogP contribution in [0.4, 0.5) is 0 Å². The molecule has 1 aromatic heterocycles. The van der Waals surface area contributed by atoms with E-state index in [9.17, 15) is 4.79 Å². The first-order chi connectivity index (χ1) is 12.7. The zero-order valence-electron chi connectivity index (χ0n) is 15.4. The maximum atomic E-state index is 12.3. The molecule has 0 radical (unpaired) electrons. The van der Waals surface area contributed by atoms with Crippen LogP contribution in [0, 0.1) is 0 Å². The third-order valence-corrected chi connectivity index (χ3v) is 4.51. The minimum absolute atomic E-state index is 0.0118. The number of nitrogens with one attached hydrogen (secondary N) is 1. The molecule has 2 heterocycles. The second-order valence-corrected chi connectivity index (χ2v) is 6.47. The van der Waals surface area contributed by atoms with Gasteiger partial charge < -0.3 is 19.2 Å². The van der Waals surface area contributed by atoms with Crippen LogP contribution < -0.4 is 14.8 Å². The Balaban J connectivity index is 1.59. The SMILES string of the molecule is CC[C@@H]1CN(CC(=O)NCCc2ccco2)Cc2cc(OC)ccc2O1. The lowest BCUT2D eigenvalue weighted by Gasteiger charge is -2.22. The topological polar surface area (TPSA) is 63.9 Å². The van der Waals surface area contributed by atoms with E-state index in [1.165, 1.54) is 0 Å². The van der Waals surface area contributed by atoms with Crippen molar-refractivity contribution in [1.82, 2.24) is 10.2 Å². The highest BCUT2D eigenvalue weighted by Crippen LogP contribution is 2.29. The van der Waals surface area contributed by atoms with Crippen LogP contribution in [-0.4, -0.2) is 43.7 Å². The van der Waals surface area contributed by atoms with Gasteiger partial charge in [0.15, 0.2) is 0 Å². The lowest BCUT2D eigenvalue weighted by molar-refractivity contribution is -0.122. The highest BCUT2D eigenvalue weighted by atomic mass is 16.5. The Labute approximate surface area is 154 Å². The fourth-order valence-corrected chi connectivity index (χ4v) is 3.10. The number of hydrogen-bond acceptors (Lipinski definition) is 5. The van der Waals surface area contributed by atoms with E-state index in [4.69, 9.17) is 13.9 Å². The molecule has 1 aliphatic rings. The van der Waals surface area contributed by atoms with Crippen molar-refractivity contribution in [2.75, 3.05) is 26.7 Å². The number of hydrogen-bond donors (Lipinski definition) is 1. The number of benzene rings is 1. The van der Waals surface area contributed by atoms with Gasteiger partial charge in [-0.3, -0.25) is 9.69 Å². The van der Waals surface area contributed by atoms with Gasteiger partial charge in [-0.15, -0.1) is 0 Å². The third-order valence-electron chi connectivity index (χ3n) is 4.51. The molecular formula is C20H26N2O4. The fraction of sp³-hybridized carbons (Fsp3) is 0.450. The summed E-state index contributed by atoms with van der Waals surface area (Å²) in [6.07, 6.45) is 3.30. The van der Waals surface area contributed by atoms with Gasteiger partial charge in [0.05, 0.1) is 19.9 Å². The highest BCUT2D eigenvalue weighted by Gasteiger charge is 2.23. The van der Waals surface area contributed by atoms with Gasteiger partial charge in [-0.1, -0.05) is 6.92 Å². The number of carbonyl (C=O) groups excluding carboxylic acids is 1. The predicted octanol–water partition coefficient (Wildman–Crippen LogP) is 2.62. The largest absolute Gasteiger partial charge is 0.497 e. The Morgan fingerprint density at radius 1 is 1.38 bits per heavy atom. The summed E-state index contributed by atoms with van der Waals surface area (Å²) in [6, 6.07) is 9.60. The van der Waals surface area contributed by atoms with E-state index in [-0.39, 0.29) is 12.0 Å². The van der Waals surface area contributed by atoms with E-state index in [2.05, 4.69) is 17.1 Å². The molecule has 6 heteroatoms. The van der Waals surface area contributed by atoms with E-state index in [1.54, 1.807) is 13.4 Å². The summed E-state index contributed by atoms with van der Waals surface area (Å²) in [5.74, 6) is 2.56. The maximum Gasteiger partial charge on any atom is 0.234 e. The Morgan fingerprint density at radius 3 is 3.00 bits per heavy atom. The van der Waals surface area contributed by atoms with Gasteiger partial charge in [0.2, 0.25) is 5.91 Å². The van der Waals surface area contributed by atoms with Gasteiger partial charge in [0.1, 0.15) is 23.4 Å². The number of methoxy groups -OCH3 is 1. The average molecular weight is 358 g/mol. The van der Waals surface area contributed by atoms with Crippen molar-refractivity contribution in [3.05, 3.63) is 47.9 Å². The number of furan rings is 1. The highest BCUT2D eigenvalue weighted by molar-refractivity contribution is 5.78. The molecule has 1 aromatic carbocycles. The Morgan fingerprint density at radius 2 is 2.27 bits per heavy atom. The molecule has 1 amide bonds. The first-order valence-corrected chi connectivity index (χ1v) is 9.03. The number of ether oxygens (including phenoxy) is 2. The minimum Gasteiger partial charge on any atom is -0.497 e. The second kappa shape index (κ2) is 8.76. The van der Waals surface area contributed by atoms with Crippen LogP contribution in [0.3, 0.4) is 0 Å². The number of carbonyl (C=O) groups is 1. The third kappa shape index (κ3) is 4.79. The fourth-order valence-electron chi connectivity index (χ4n) is 3.10. The van der Waals surface area contributed by atoms with Crippen LogP contribution in [-0.2, 0) is 17.8 Å². The number of nitrogens with zero attached hydrogens (tertiary/aromatic N) is 1. The summed E-state index contributed by atoms with van der Waals surface area (Å²) in [5, 5.41) is 2.96. The van der Waals surface area contributed by atoms with Crippen molar-refractivity contribution >= 4 is 5.91 Å². The van der Waals surface area contributed by atoms with E-state index < -0.39 is 0 Å². The molecule has 0 saturated heterocycles. The summed E-state index contributed by atoms with van der Waals surface area (Å²) in [6.45, 7) is 4.39. The summed E-state index contributed by atoms with van der Waals surface area (Å²) < 4.78 is 16.7. The monoisotopic (exact) mass is 358 g/mol. The van der Waals surface area contributed by atoms with Crippen LogP contribution in [0.2, 0.25) is 0 Å². The van der Waals surface area contributed by atoms with Crippen molar-refractivity contribution in [2.45, 2.75) is 32.4 Å². The van der Waals surface area contributed by atoms with Crippen molar-refractivity contribution < 1.29 is 18.7 Å². The number of rotatable bonds is 7. The molecule has 0 saturated carbocycles. The summed E-state index contributed by atoms with van der Waals surface area (Å²) in [5.41, 5.74) is 1.05. The first-order valence-electron chi connectivity index (χ1n) is 9.03. The van der Waals surface area contributed by atoms with Gasteiger partial charge >= 0.3 is 0 Å². The van der Waals surface area contributed by atoms with Crippen LogP contribution in [0.1, 0.15) is 24.7 Å². The van der Waals surface area contributed by atoms with E-state index in [1.807, 2.05) is 30.3 Å². The predicted molar refractivity (Wildman–Crippen MR) is 98.4 cm³/mol. The molecule has 0 bridgehead atoms. The molecule has 0 aliphatic carbocycles. The zero-order valence-corrected chi connectivity index (χ0v) is 15.4. The van der Waals surface area contributed by atoms with Crippen LogP contribution >= 0.6 is 0 Å². The Kier molecular flexibility index (Phi) is 6.17. The van der Waals surface area contributed by atoms with E-state index in [0.717, 1.165) is 35.8 Å². The maximum absolute atomic E-state index is 12.3. The van der Waals surface area contributed by atoms with Gasteiger partial charge in [-0.25, -0.2) is 0 Å². The normalized spacial score (nSPS) is 17.1. The molecule has 0 unspecified atom stereocenters. The molecule has 140 valence electrons. The summed E-state index contributed by atoms with van der Waals surface area (Å²) >= 11 is 0. The first kappa shape index (κ1) is 18.3. The van der Waals surface area contributed by atoms with Crippen LogP contribution in [0.5, 0.6) is 11.5 Å². The van der Waals surface area contributed by atoms with Crippen molar-refractivity contribution in [1.29, 1.82) is 0 Å². The van der Waals surface area contributed by atoms with Crippen molar-refractivity contribution in [2.24, 2.45) is 0 Å². The zero-order chi connectivity index (χ0) is 18.4. The van der Waals surface area contributed by atoms with Gasteiger partial charge in [0.25, 0.3) is 0 Å². The summed E-state index contributed by atoms with van der Waals surface area (Å²) in [7, 11) is 1.65. The van der Waals surface area contributed by atoms with Gasteiger partial charge in [-0.2, -0.15) is 0 Å². The minimum atomic E-state index is 0.0118. The van der Waals surface area contributed by atoms with Crippen LogP contribution in [0.15, 0.2) is 41.0 Å². The van der Waals surface area contributed by atoms with Gasteiger partial charge in [-0.05, 0) is 36.8 Å². The molecule has 2 aromatic rings. The molecule has 0 spiro atoms. The average Bonchev–Trinajstić information content (AvgIpc) is 3.09. The van der Waals surface area contributed by atoms with Gasteiger partial charge in [0, 0.05) is 31.6 Å². The molecule has 1 atom stereocenters. The number of amides is 1. The lowest BCUT2D eigenvalue weighted by Crippen LogP contribution is -2.40. The molecule has 0 fully saturated rings. The molecule has 1 aliphatic heterocycles. The Bertz CT molecular complexity index is 715. The molecular weight excluding hydrogens is 332 g/mol. The molecule has 6 nitrogen and oxygen atoms in total. The quantitative estimate of drug-likeness (QED) is 0.824. The van der Waals surface area contributed by atoms with Crippen molar-refractivity contribution in [3.63, 3.8) is 0 Å². The molecule has 3 rings (SSSR count). The summed E-state index contributed by atoms with van der Waals surface area (Å²) in [4.78, 5) is 14.5. The Hall–Kier alpha value is -2.47.